The highest BCUT2D eigenvalue weighted by atomic mass is 15.4. The van der Waals surface area contributed by atoms with Crippen LogP contribution in [0.15, 0.2) is 0 Å². The van der Waals surface area contributed by atoms with Crippen LogP contribution in [0.2, 0.25) is 0 Å². The Labute approximate surface area is 112 Å². The van der Waals surface area contributed by atoms with E-state index >= 15 is 0 Å². The lowest BCUT2D eigenvalue weighted by molar-refractivity contribution is 0.0783. The third-order valence-corrected chi connectivity index (χ3v) is 5.98. The fourth-order valence-electron chi connectivity index (χ4n) is 5.11. The van der Waals surface area contributed by atoms with Crippen LogP contribution in [0.4, 0.5) is 0 Å². The largest absolute Gasteiger partial charge is 0.291 e. The number of hydrogen-bond acceptors (Lipinski definition) is 3. The van der Waals surface area contributed by atoms with Gasteiger partial charge in [-0.05, 0) is 64.1 Å². The van der Waals surface area contributed by atoms with Gasteiger partial charge < -0.3 is 0 Å². The molecule has 0 radical (unpaired) electrons. The van der Waals surface area contributed by atoms with Crippen molar-refractivity contribution in [1.29, 1.82) is 0 Å². The Morgan fingerprint density at radius 2 is 1.89 bits per heavy atom. The minimum absolute atomic E-state index is 0.614. The quantitative estimate of drug-likeness (QED) is 0.767. The number of rotatable bonds is 1. The maximum Gasteiger partial charge on any atom is 0.0645 e. The van der Waals surface area contributed by atoms with Crippen molar-refractivity contribution < 1.29 is 0 Å². The molecule has 3 aliphatic rings. The van der Waals surface area contributed by atoms with Gasteiger partial charge in [0.1, 0.15) is 0 Å². The Balaban J connectivity index is 1.89. The van der Waals surface area contributed by atoms with Crippen molar-refractivity contribution in [3.05, 3.63) is 0 Å². The van der Waals surface area contributed by atoms with Crippen LogP contribution in [-0.2, 0) is 0 Å². The summed E-state index contributed by atoms with van der Waals surface area (Å²) in [5.41, 5.74) is 0. The third kappa shape index (κ3) is 1.67. The summed E-state index contributed by atoms with van der Waals surface area (Å²) < 4.78 is 0. The number of nitrogens with zero attached hydrogens (tertiary/aromatic N) is 2. The second-order valence-electron chi connectivity index (χ2n) is 7.15. The van der Waals surface area contributed by atoms with E-state index in [1.165, 1.54) is 19.4 Å². The third-order valence-electron chi connectivity index (χ3n) is 5.98. The molecule has 3 rings (SSSR count). The molecular weight excluding hydrogens is 222 g/mol. The predicted molar refractivity (Wildman–Crippen MR) is 75.1 cm³/mol. The summed E-state index contributed by atoms with van der Waals surface area (Å²) in [6.07, 6.45) is 4.05. The molecule has 3 heteroatoms. The van der Waals surface area contributed by atoms with Crippen LogP contribution in [0, 0.1) is 23.7 Å². The summed E-state index contributed by atoms with van der Waals surface area (Å²) in [5.74, 6) is 3.38. The predicted octanol–water partition coefficient (Wildman–Crippen LogP) is 1.81. The van der Waals surface area contributed by atoms with Gasteiger partial charge in [-0.15, -0.1) is 0 Å². The second kappa shape index (κ2) is 4.46. The van der Waals surface area contributed by atoms with Gasteiger partial charge in [0.05, 0.1) is 12.3 Å². The first kappa shape index (κ1) is 12.9. The molecule has 0 bridgehead atoms. The van der Waals surface area contributed by atoms with Gasteiger partial charge >= 0.3 is 0 Å². The molecule has 104 valence electrons. The van der Waals surface area contributed by atoms with Gasteiger partial charge in [-0.3, -0.25) is 15.1 Å². The topological polar surface area (TPSA) is 18.5 Å². The zero-order valence-electron chi connectivity index (χ0n) is 12.6. The van der Waals surface area contributed by atoms with E-state index in [2.05, 4.69) is 50.0 Å². The lowest BCUT2D eigenvalue weighted by Crippen LogP contribution is -2.51. The standard InChI is InChI=1S/C15H29N3/c1-9(2)12-10(3)18(5)15-13(12)11-7-6-8-17(4)14(11)16-15/h9-16H,6-8H2,1-5H3. The van der Waals surface area contributed by atoms with Crippen LogP contribution >= 0.6 is 0 Å². The minimum Gasteiger partial charge on any atom is -0.291 e. The Morgan fingerprint density at radius 1 is 1.17 bits per heavy atom. The summed E-state index contributed by atoms with van der Waals surface area (Å²) in [4.78, 5) is 5.14. The molecule has 3 saturated heterocycles. The highest BCUT2D eigenvalue weighted by Gasteiger charge is 2.56. The van der Waals surface area contributed by atoms with Crippen LogP contribution < -0.4 is 5.32 Å². The average Bonchev–Trinajstić information content (AvgIpc) is 2.79. The lowest BCUT2D eigenvalue weighted by Gasteiger charge is -2.39. The van der Waals surface area contributed by atoms with Crippen molar-refractivity contribution in [1.82, 2.24) is 15.1 Å². The highest BCUT2D eigenvalue weighted by molar-refractivity contribution is 5.07. The van der Waals surface area contributed by atoms with Gasteiger partial charge in [-0.1, -0.05) is 13.8 Å². The molecule has 3 fully saturated rings. The molecule has 0 aromatic heterocycles. The molecule has 0 saturated carbocycles. The van der Waals surface area contributed by atoms with Crippen molar-refractivity contribution >= 4 is 0 Å². The van der Waals surface area contributed by atoms with E-state index in [-0.39, 0.29) is 0 Å². The van der Waals surface area contributed by atoms with Gasteiger partial charge in [-0.25, -0.2) is 0 Å². The maximum atomic E-state index is 3.92. The first-order chi connectivity index (χ1) is 8.52. The summed E-state index contributed by atoms with van der Waals surface area (Å²) >= 11 is 0. The molecule has 0 aliphatic carbocycles. The number of likely N-dealkylation sites (tertiary alicyclic amines) is 2. The zero-order chi connectivity index (χ0) is 13.0. The van der Waals surface area contributed by atoms with E-state index in [1.54, 1.807) is 0 Å². The average molecular weight is 251 g/mol. The van der Waals surface area contributed by atoms with Gasteiger partial charge in [-0.2, -0.15) is 0 Å². The van der Waals surface area contributed by atoms with E-state index in [0.717, 1.165) is 29.7 Å². The van der Waals surface area contributed by atoms with Crippen molar-refractivity contribution in [2.75, 3.05) is 20.6 Å². The molecule has 6 atom stereocenters. The number of fused-ring (bicyclic) bond motifs is 3. The van der Waals surface area contributed by atoms with Crippen LogP contribution in [0.25, 0.3) is 0 Å². The van der Waals surface area contributed by atoms with Gasteiger partial charge in [0, 0.05) is 6.04 Å². The highest BCUT2D eigenvalue weighted by Crippen LogP contribution is 2.49. The van der Waals surface area contributed by atoms with Gasteiger partial charge in [0.15, 0.2) is 0 Å². The molecule has 0 aromatic carbocycles. The maximum absolute atomic E-state index is 3.92. The van der Waals surface area contributed by atoms with Crippen LogP contribution in [-0.4, -0.2) is 48.8 Å². The lowest BCUT2D eigenvalue weighted by atomic mass is 9.73. The monoisotopic (exact) mass is 251 g/mol. The van der Waals surface area contributed by atoms with E-state index in [4.69, 9.17) is 0 Å². The first-order valence-corrected chi connectivity index (χ1v) is 7.70. The van der Waals surface area contributed by atoms with Crippen molar-refractivity contribution in [2.45, 2.75) is 52.0 Å². The van der Waals surface area contributed by atoms with Crippen molar-refractivity contribution in [2.24, 2.45) is 23.7 Å². The molecule has 18 heavy (non-hydrogen) atoms. The molecule has 3 aliphatic heterocycles. The normalized spacial score (nSPS) is 49.7. The first-order valence-electron chi connectivity index (χ1n) is 7.70. The SMILES string of the molecule is CC(C)C1C2C3CCCN(C)C3NC2N(C)C1C. The van der Waals surface area contributed by atoms with Crippen molar-refractivity contribution in [3.63, 3.8) is 0 Å². The Hall–Kier alpha value is -0.120. The minimum atomic E-state index is 0.614. The molecule has 0 aromatic rings. The van der Waals surface area contributed by atoms with E-state index in [9.17, 15) is 0 Å². The number of hydrogen-bond donors (Lipinski definition) is 1. The molecular formula is C15H29N3. The summed E-state index contributed by atoms with van der Waals surface area (Å²) in [7, 11) is 4.60. The van der Waals surface area contributed by atoms with Gasteiger partial charge in [0.25, 0.3) is 0 Å². The molecule has 0 amide bonds. The molecule has 3 nitrogen and oxygen atoms in total. The van der Waals surface area contributed by atoms with E-state index < -0.39 is 0 Å². The second-order valence-corrected chi connectivity index (χ2v) is 7.15. The van der Waals surface area contributed by atoms with Crippen molar-refractivity contribution in [3.8, 4) is 0 Å². The Bertz CT molecular complexity index is 317. The Kier molecular flexibility index (Phi) is 3.20. The molecule has 6 unspecified atom stereocenters. The summed E-state index contributed by atoms with van der Waals surface area (Å²) in [6.45, 7) is 8.51. The zero-order valence-corrected chi connectivity index (χ0v) is 12.6. The van der Waals surface area contributed by atoms with E-state index in [1.807, 2.05) is 0 Å². The smallest absolute Gasteiger partial charge is 0.0645 e. The summed E-state index contributed by atoms with van der Waals surface area (Å²) in [6, 6.07) is 0.723. The van der Waals surface area contributed by atoms with Crippen LogP contribution in [0.3, 0.4) is 0 Å². The van der Waals surface area contributed by atoms with Crippen LogP contribution in [0.1, 0.15) is 33.6 Å². The molecule has 1 N–H and O–H groups in total. The molecule has 3 heterocycles. The number of nitrogens with one attached hydrogen (secondary N) is 1. The Morgan fingerprint density at radius 3 is 2.56 bits per heavy atom. The summed E-state index contributed by atoms with van der Waals surface area (Å²) in [5, 5.41) is 3.92. The van der Waals surface area contributed by atoms with Crippen LogP contribution in [0.5, 0.6) is 0 Å². The molecule has 0 spiro atoms. The fourth-order valence-corrected chi connectivity index (χ4v) is 5.11. The fraction of sp³-hybridized carbons (Fsp3) is 1.00. The number of piperidine rings is 1. The van der Waals surface area contributed by atoms with Gasteiger partial charge in [0.2, 0.25) is 0 Å². The van der Waals surface area contributed by atoms with E-state index in [0.29, 0.717) is 12.3 Å².